The van der Waals surface area contributed by atoms with Crippen molar-refractivity contribution in [1.29, 1.82) is 0 Å². The van der Waals surface area contributed by atoms with Gasteiger partial charge in [-0.25, -0.2) is 0 Å². The monoisotopic (exact) mass is 456 g/mol. The van der Waals surface area contributed by atoms with E-state index >= 15 is 0 Å². The van der Waals surface area contributed by atoms with Gasteiger partial charge in [0.2, 0.25) is 0 Å². The molecule has 9 unspecified atom stereocenters. The zero-order valence-corrected chi connectivity index (χ0v) is 23.5. The van der Waals surface area contributed by atoms with Crippen molar-refractivity contribution in [1.82, 2.24) is 0 Å². The maximum absolute atomic E-state index is 6.27. The molecule has 3 fully saturated rings. The lowest BCUT2D eigenvalue weighted by atomic mass is 9.47. The maximum atomic E-state index is 6.27. The predicted molar refractivity (Wildman–Crippen MR) is 142 cm³/mol. The largest absolute Gasteiger partial charge is 0.375 e. The van der Waals surface area contributed by atoms with Gasteiger partial charge in [-0.05, 0) is 124 Å². The number of hydrogen-bond donors (Lipinski definition) is 0. The molecule has 4 aliphatic rings. The lowest BCUT2D eigenvalue weighted by molar-refractivity contribution is -0.0709. The summed E-state index contributed by atoms with van der Waals surface area (Å²) in [6.07, 6.45) is 19.0. The molecule has 190 valence electrons. The number of hydrogen-bond acceptors (Lipinski definition) is 1. The van der Waals surface area contributed by atoms with E-state index in [9.17, 15) is 0 Å². The van der Waals surface area contributed by atoms with E-state index in [2.05, 4.69) is 61.5 Å². The second-order valence-corrected chi connectivity index (χ2v) is 14.0. The Morgan fingerprint density at radius 1 is 0.939 bits per heavy atom. The van der Waals surface area contributed by atoms with E-state index in [1.165, 1.54) is 70.6 Å². The Labute approximate surface area is 206 Å². The summed E-state index contributed by atoms with van der Waals surface area (Å²) in [6, 6.07) is 0. The second-order valence-electron chi connectivity index (χ2n) is 14.0. The third-order valence-corrected chi connectivity index (χ3v) is 11.7. The van der Waals surface area contributed by atoms with E-state index in [-0.39, 0.29) is 0 Å². The topological polar surface area (TPSA) is 9.23 Å². The minimum atomic E-state index is 0.359. The summed E-state index contributed by atoms with van der Waals surface area (Å²) in [5.74, 6) is 6.46. The molecule has 4 aliphatic carbocycles. The van der Waals surface area contributed by atoms with Gasteiger partial charge in [-0.3, -0.25) is 0 Å². The van der Waals surface area contributed by atoms with Gasteiger partial charge in [0.1, 0.15) is 0 Å². The van der Waals surface area contributed by atoms with E-state index < -0.39 is 0 Å². The number of allylic oxidation sites excluding steroid dienone is 1. The van der Waals surface area contributed by atoms with Crippen LogP contribution in [-0.2, 0) is 4.74 Å². The Kier molecular flexibility index (Phi) is 7.80. The first kappa shape index (κ1) is 25.8. The van der Waals surface area contributed by atoms with Crippen LogP contribution in [0.1, 0.15) is 126 Å². The van der Waals surface area contributed by atoms with Crippen molar-refractivity contribution in [2.75, 3.05) is 0 Å². The van der Waals surface area contributed by atoms with Crippen LogP contribution in [0.2, 0.25) is 0 Å². The lowest BCUT2D eigenvalue weighted by Gasteiger charge is -2.58. The molecule has 0 radical (unpaired) electrons. The summed E-state index contributed by atoms with van der Waals surface area (Å²) in [7, 11) is 0. The molecular weight excluding hydrogens is 400 g/mol. The molecule has 0 saturated heterocycles. The van der Waals surface area contributed by atoms with Gasteiger partial charge in [-0.15, -0.1) is 0 Å². The van der Waals surface area contributed by atoms with Gasteiger partial charge in [0.25, 0.3) is 0 Å². The zero-order chi connectivity index (χ0) is 24.0. The van der Waals surface area contributed by atoms with Gasteiger partial charge in [0.05, 0.1) is 12.2 Å². The highest BCUT2D eigenvalue weighted by Gasteiger charge is 2.59. The van der Waals surface area contributed by atoms with Crippen LogP contribution in [-0.4, -0.2) is 12.2 Å². The molecule has 3 saturated carbocycles. The Bertz CT molecular complexity index is 691. The summed E-state index contributed by atoms with van der Waals surface area (Å²) < 4.78 is 6.27. The zero-order valence-electron chi connectivity index (χ0n) is 23.5. The van der Waals surface area contributed by atoms with Crippen LogP contribution in [0.25, 0.3) is 0 Å². The molecule has 0 N–H and O–H groups in total. The molecule has 0 amide bonds. The van der Waals surface area contributed by atoms with Crippen LogP contribution in [0.15, 0.2) is 11.6 Å². The summed E-state index contributed by atoms with van der Waals surface area (Å²) in [5, 5.41) is 0. The quantitative estimate of drug-likeness (QED) is 0.330. The third-order valence-electron chi connectivity index (χ3n) is 11.7. The molecule has 9 atom stereocenters. The van der Waals surface area contributed by atoms with Crippen molar-refractivity contribution in [3.8, 4) is 0 Å². The van der Waals surface area contributed by atoms with Gasteiger partial charge in [-0.1, -0.05) is 66.0 Å². The molecule has 4 rings (SSSR count). The van der Waals surface area contributed by atoms with Crippen molar-refractivity contribution in [2.24, 2.45) is 52.3 Å². The van der Waals surface area contributed by atoms with Gasteiger partial charge >= 0.3 is 0 Å². The van der Waals surface area contributed by atoms with Crippen LogP contribution in [0.4, 0.5) is 0 Å². The molecule has 0 aliphatic heterocycles. The van der Waals surface area contributed by atoms with Crippen molar-refractivity contribution >= 4 is 0 Å². The fraction of sp³-hybridized carbons (Fsp3) is 0.938. The molecule has 0 heterocycles. The molecule has 33 heavy (non-hydrogen) atoms. The van der Waals surface area contributed by atoms with Crippen molar-refractivity contribution in [3.05, 3.63) is 11.6 Å². The van der Waals surface area contributed by atoms with Crippen LogP contribution >= 0.6 is 0 Å². The smallest absolute Gasteiger partial charge is 0.0616 e. The molecule has 1 nitrogen and oxygen atoms in total. The van der Waals surface area contributed by atoms with Gasteiger partial charge in [-0.2, -0.15) is 0 Å². The Morgan fingerprint density at radius 2 is 1.70 bits per heavy atom. The van der Waals surface area contributed by atoms with E-state index in [0.29, 0.717) is 23.0 Å². The standard InChI is InChI=1S/C32H56O/c1-9-24(21(2)3)11-10-23(6)28-14-15-29-27-13-12-25-20-26(33-22(4)5)16-18-31(25,7)30(27)17-19-32(28,29)8/h12,21-24,26-30H,9-11,13-20H2,1-8H3. The molecular formula is C32H56O. The fourth-order valence-corrected chi connectivity index (χ4v) is 9.79. The second kappa shape index (κ2) is 9.99. The lowest BCUT2D eigenvalue weighted by Crippen LogP contribution is -2.51. The SMILES string of the molecule is CCC(CCC(C)C1CCC2C3CC=C4CC(OC(C)C)CCC4(C)C3CCC12C)C(C)C. The highest BCUT2D eigenvalue weighted by Crippen LogP contribution is 2.67. The van der Waals surface area contributed by atoms with Crippen LogP contribution in [0.3, 0.4) is 0 Å². The average molecular weight is 457 g/mol. The minimum Gasteiger partial charge on any atom is -0.375 e. The van der Waals surface area contributed by atoms with E-state index in [4.69, 9.17) is 4.74 Å². The first-order valence-corrected chi connectivity index (χ1v) is 14.9. The van der Waals surface area contributed by atoms with Gasteiger partial charge in [0, 0.05) is 0 Å². The van der Waals surface area contributed by atoms with E-state index in [1.54, 1.807) is 5.57 Å². The Balaban J connectivity index is 1.45. The number of ether oxygens (including phenoxy) is 1. The maximum Gasteiger partial charge on any atom is 0.0616 e. The summed E-state index contributed by atoms with van der Waals surface area (Å²) in [6.45, 7) is 19.7. The molecule has 0 spiro atoms. The predicted octanol–water partition coefficient (Wildman–Crippen LogP) is 9.46. The average Bonchev–Trinajstić information content (AvgIpc) is 3.11. The summed E-state index contributed by atoms with van der Waals surface area (Å²) >= 11 is 0. The van der Waals surface area contributed by atoms with Crippen molar-refractivity contribution in [2.45, 2.75) is 138 Å². The third kappa shape index (κ3) is 4.75. The highest BCUT2D eigenvalue weighted by molar-refractivity contribution is 5.25. The van der Waals surface area contributed by atoms with Crippen molar-refractivity contribution in [3.63, 3.8) is 0 Å². The van der Waals surface area contributed by atoms with Crippen LogP contribution in [0.5, 0.6) is 0 Å². The van der Waals surface area contributed by atoms with Crippen LogP contribution < -0.4 is 0 Å². The molecule has 0 bridgehead atoms. The van der Waals surface area contributed by atoms with Crippen LogP contribution in [0, 0.1) is 52.3 Å². The molecule has 1 heteroatoms. The van der Waals surface area contributed by atoms with E-state index in [1.807, 2.05) is 0 Å². The Hall–Kier alpha value is -0.300. The van der Waals surface area contributed by atoms with Crippen molar-refractivity contribution < 1.29 is 4.74 Å². The molecule has 0 aromatic carbocycles. The minimum absolute atomic E-state index is 0.359. The number of rotatable bonds is 8. The fourth-order valence-electron chi connectivity index (χ4n) is 9.79. The summed E-state index contributed by atoms with van der Waals surface area (Å²) in [4.78, 5) is 0. The first-order chi connectivity index (χ1) is 15.6. The normalized spacial score (nSPS) is 42.5. The summed E-state index contributed by atoms with van der Waals surface area (Å²) in [5.41, 5.74) is 2.82. The first-order valence-electron chi connectivity index (χ1n) is 14.9. The molecule has 0 aromatic rings. The van der Waals surface area contributed by atoms with Gasteiger partial charge < -0.3 is 4.74 Å². The number of fused-ring (bicyclic) bond motifs is 5. The molecule has 0 aromatic heterocycles. The highest BCUT2D eigenvalue weighted by atomic mass is 16.5. The Morgan fingerprint density at radius 3 is 2.36 bits per heavy atom. The van der Waals surface area contributed by atoms with E-state index in [0.717, 1.165) is 41.4 Å². The van der Waals surface area contributed by atoms with Gasteiger partial charge in [0.15, 0.2) is 0 Å².